The molecule has 1 atom stereocenters. The van der Waals surface area contributed by atoms with E-state index in [1.54, 1.807) is 48.5 Å². The zero-order valence-corrected chi connectivity index (χ0v) is 17.9. The molecule has 1 N–H and O–H groups in total. The number of Topliss-reactive ketones (excluding diaryl/α,β-unsaturated/α-hetero) is 1. The fraction of sp³-hybridized carbons (Fsp3) is 0.208. The molecule has 0 bridgehead atoms. The minimum Gasteiger partial charge on any atom is -0.443 e. The first-order chi connectivity index (χ1) is 14.4. The molecule has 0 aliphatic heterocycles. The Balaban J connectivity index is 1.85. The van der Waals surface area contributed by atoms with Gasteiger partial charge in [-0.15, -0.1) is 11.3 Å². The summed E-state index contributed by atoms with van der Waals surface area (Å²) in [5.74, 6) is -1.12. The SMILES string of the molecule is CCc1cc(C(=O)OC(C(=O)Nc2cccc(C(C)=O)c2)c2ccccc2)sc1C. The molecular formula is C24H23NO4S. The Bertz CT molecular complexity index is 1070. The second-order valence-electron chi connectivity index (χ2n) is 6.87. The molecule has 0 radical (unpaired) electrons. The molecule has 1 amide bonds. The standard InChI is InChI=1S/C24H23NO4S/c1-4-17-14-21(30-16(17)3)24(28)29-22(18-9-6-5-7-10-18)23(27)25-20-12-8-11-19(13-20)15(2)26/h5-14,22H,4H2,1-3H3,(H,25,27). The number of thiophene rings is 1. The van der Waals surface area contributed by atoms with E-state index < -0.39 is 18.0 Å². The predicted molar refractivity (Wildman–Crippen MR) is 118 cm³/mol. The maximum atomic E-state index is 13.0. The number of anilines is 1. The third-order valence-corrected chi connectivity index (χ3v) is 5.78. The van der Waals surface area contributed by atoms with Crippen LogP contribution >= 0.6 is 11.3 Å². The maximum absolute atomic E-state index is 13.0. The number of hydrogen-bond donors (Lipinski definition) is 1. The molecule has 3 rings (SSSR count). The Hall–Kier alpha value is -3.25. The molecule has 3 aromatic rings. The van der Waals surface area contributed by atoms with Crippen molar-refractivity contribution in [1.82, 2.24) is 0 Å². The quantitative estimate of drug-likeness (QED) is 0.412. The molecule has 0 spiro atoms. The summed E-state index contributed by atoms with van der Waals surface area (Å²) in [7, 11) is 0. The number of carbonyl (C=O) groups excluding carboxylic acids is 3. The van der Waals surface area contributed by atoms with Crippen LogP contribution in [0.1, 0.15) is 56.0 Å². The fourth-order valence-corrected chi connectivity index (χ4v) is 4.06. The van der Waals surface area contributed by atoms with Gasteiger partial charge >= 0.3 is 5.97 Å². The molecule has 0 saturated carbocycles. The average molecular weight is 422 g/mol. The number of benzene rings is 2. The Labute approximate surface area is 179 Å². The van der Waals surface area contributed by atoms with Gasteiger partial charge in [-0.25, -0.2) is 4.79 Å². The molecular weight excluding hydrogens is 398 g/mol. The van der Waals surface area contributed by atoms with Crippen molar-refractivity contribution in [2.75, 3.05) is 5.32 Å². The molecule has 0 aliphatic rings. The van der Waals surface area contributed by atoms with Crippen LogP contribution in [-0.2, 0) is 16.0 Å². The summed E-state index contributed by atoms with van der Waals surface area (Å²) in [5, 5.41) is 2.76. The number of hydrogen-bond acceptors (Lipinski definition) is 5. The summed E-state index contributed by atoms with van der Waals surface area (Å²) < 4.78 is 5.64. The molecule has 30 heavy (non-hydrogen) atoms. The molecule has 1 unspecified atom stereocenters. The monoisotopic (exact) mass is 421 g/mol. The number of ether oxygens (including phenoxy) is 1. The van der Waals surface area contributed by atoms with Gasteiger partial charge in [-0.2, -0.15) is 0 Å². The number of rotatable bonds is 7. The van der Waals surface area contributed by atoms with Gasteiger partial charge in [-0.1, -0.05) is 49.4 Å². The van der Waals surface area contributed by atoms with Crippen molar-refractivity contribution in [3.63, 3.8) is 0 Å². The van der Waals surface area contributed by atoms with Gasteiger partial charge in [0, 0.05) is 21.7 Å². The van der Waals surface area contributed by atoms with E-state index in [4.69, 9.17) is 4.74 Å². The predicted octanol–water partition coefficient (Wildman–Crippen LogP) is 5.36. The Kier molecular flexibility index (Phi) is 6.79. The summed E-state index contributed by atoms with van der Waals surface area (Å²) in [6.07, 6.45) is -0.294. The van der Waals surface area contributed by atoms with Crippen LogP contribution in [0.5, 0.6) is 0 Å². The average Bonchev–Trinajstić information content (AvgIpc) is 3.13. The number of esters is 1. The van der Waals surface area contributed by atoms with Crippen LogP contribution in [0.3, 0.4) is 0 Å². The van der Waals surface area contributed by atoms with Crippen molar-refractivity contribution in [3.05, 3.63) is 87.1 Å². The normalized spacial score (nSPS) is 11.6. The molecule has 2 aromatic carbocycles. The lowest BCUT2D eigenvalue weighted by Crippen LogP contribution is -2.25. The van der Waals surface area contributed by atoms with E-state index in [-0.39, 0.29) is 5.78 Å². The second-order valence-corrected chi connectivity index (χ2v) is 8.12. The van der Waals surface area contributed by atoms with Gasteiger partial charge in [0.15, 0.2) is 5.78 Å². The number of ketones is 1. The van der Waals surface area contributed by atoms with E-state index in [0.717, 1.165) is 16.9 Å². The molecule has 0 saturated heterocycles. The molecule has 1 aromatic heterocycles. The summed E-state index contributed by atoms with van der Waals surface area (Å²) >= 11 is 1.36. The molecule has 0 aliphatic carbocycles. The van der Waals surface area contributed by atoms with Crippen LogP contribution < -0.4 is 5.32 Å². The van der Waals surface area contributed by atoms with Crippen molar-refractivity contribution in [2.45, 2.75) is 33.3 Å². The van der Waals surface area contributed by atoms with Crippen molar-refractivity contribution in [2.24, 2.45) is 0 Å². The summed E-state index contributed by atoms with van der Waals surface area (Å²) in [6, 6.07) is 17.3. The van der Waals surface area contributed by atoms with Crippen molar-refractivity contribution in [1.29, 1.82) is 0 Å². The fourth-order valence-electron chi connectivity index (χ4n) is 3.06. The highest BCUT2D eigenvalue weighted by atomic mass is 32.1. The number of amides is 1. The third-order valence-electron chi connectivity index (χ3n) is 4.70. The van der Waals surface area contributed by atoms with Crippen LogP contribution in [0.2, 0.25) is 0 Å². The Morgan fingerprint density at radius 3 is 2.40 bits per heavy atom. The van der Waals surface area contributed by atoms with E-state index in [0.29, 0.717) is 21.7 Å². The lowest BCUT2D eigenvalue weighted by Gasteiger charge is -2.18. The first-order valence-corrected chi connectivity index (χ1v) is 10.5. The minimum atomic E-state index is -1.12. The largest absolute Gasteiger partial charge is 0.443 e. The molecule has 0 fully saturated rings. The van der Waals surface area contributed by atoms with Crippen LogP contribution in [0.15, 0.2) is 60.7 Å². The topological polar surface area (TPSA) is 72.5 Å². The summed E-state index contributed by atoms with van der Waals surface area (Å²) in [5.41, 5.74) is 2.61. The highest BCUT2D eigenvalue weighted by Gasteiger charge is 2.27. The summed E-state index contributed by atoms with van der Waals surface area (Å²) in [4.78, 5) is 38.9. The number of nitrogens with one attached hydrogen (secondary N) is 1. The van der Waals surface area contributed by atoms with Crippen molar-refractivity contribution >= 4 is 34.7 Å². The van der Waals surface area contributed by atoms with Crippen LogP contribution in [0.4, 0.5) is 5.69 Å². The highest BCUT2D eigenvalue weighted by Crippen LogP contribution is 2.27. The molecule has 154 valence electrons. The zero-order chi connectivity index (χ0) is 21.7. The minimum absolute atomic E-state index is 0.100. The second kappa shape index (κ2) is 9.50. The number of carbonyl (C=O) groups is 3. The zero-order valence-electron chi connectivity index (χ0n) is 17.1. The van der Waals surface area contributed by atoms with Gasteiger partial charge in [0.05, 0.1) is 0 Å². The van der Waals surface area contributed by atoms with Crippen LogP contribution in [-0.4, -0.2) is 17.7 Å². The molecule has 1 heterocycles. The van der Waals surface area contributed by atoms with Gasteiger partial charge in [0.2, 0.25) is 6.10 Å². The van der Waals surface area contributed by atoms with E-state index >= 15 is 0 Å². The number of aryl methyl sites for hydroxylation is 2. The lowest BCUT2D eigenvalue weighted by atomic mass is 10.1. The van der Waals surface area contributed by atoms with E-state index in [2.05, 4.69) is 5.32 Å². The highest BCUT2D eigenvalue weighted by molar-refractivity contribution is 7.14. The van der Waals surface area contributed by atoms with Gasteiger partial charge in [0.1, 0.15) is 4.88 Å². The van der Waals surface area contributed by atoms with E-state index in [1.165, 1.54) is 18.3 Å². The molecule has 5 nitrogen and oxygen atoms in total. The van der Waals surface area contributed by atoms with Crippen LogP contribution in [0, 0.1) is 6.92 Å². The van der Waals surface area contributed by atoms with Crippen molar-refractivity contribution in [3.8, 4) is 0 Å². The van der Waals surface area contributed by atoms with Crippen molar-refractivity contribution < 1.29 is 19.1 Å². The van der Waals surface area contributed by atoms with Gasteiger partial charge in [0.25, 0.3) is 5.91 Å². The van der Waals surface area contributed by atoms with Gasteiger partial charge < -0.3 is 10.1 Å². The first kappa shape index (κ1) is 21.5. The lowest BCUT2D eigenvalue weighted by molar-refractivity contribution is -0.125. The Morgan fingerprint density at radius 2 is 1.77 bits per heavy atom. The molecule has 6 heteroatoms. The van der Waals surface area contributed by atoms with Gasteiger partial charge in [-0.3, -0.25) is 9.59 Å². The van der Waals surface area contributed by atoms with Gasteiger partial charge in [-0.05, 0) is 44.0 Å². The van der Waals surface area contributed by atoms with E-state index in [9.17, 15) is 14.4 Å². The third kappa shape index (κ3) is 5.02. The first-order valence-electron chi connectivity index (χ1n) is 9.66. The van der Waals surface area contributed by atoms with Crippen LogP contribution in [0.25, 0.3) is 0 Å². The smallest absolute Gasteiger partial charge is 0.349 e. The van der Waals surface area contributed by atoms with E-state index in [1.807, 2.05) is 26.0 Å². The Morgan fingerprint density at radius 1 is 1.03 bits per heavy atom. The maximum Gasteiger partial charge on any atom is 0.349 e. The summed E-state index contributed by atoms with van der Waals surface area (Å²) in [6.45, 7) is 5.45.